The van der Waals surface area contributed by atoms with E-state index in [9.17, 15) is 0 Å². The summed E-state index contributed by atoms with van der Waals surface area (Å²) in [4.78, 5) is 4.94. The summed E-state index contributed by atoms with van der Waals surface area (Å²) in [6.07, 6.45) is 4.00. The molecule has 0 fully saturated rings. The molecule has 0 atom stereocenters. The van der Waals surface area contributed by atoms with E-state index < -0.39 is 0 Å². The number of methoxy groups -OCH3 is 6. The molecule has 4 rings (SSSR count). The van der Waals surface area contributed by atoms with Crippen molar-refractivity contribution in [3.8, 4) is 45.8 Å². The largest absolute Gasteiger partial charge is 0.497 e. The zero-order valence-corrected chi connectivity index (χ0v) is 22.5. The highest BCUT2D eigenvalue weighted by atomic mass is 35.5. The first kappa shape index (κ1) is 27.5. The van der Waals surface area contributed by atoms with Gasteiger partial charge in [-0.3, -0.25) is 0 Å². The van der Waals surface area contributed by atoms with Crippen LogP contribution in [0.2, 0.25) is 0 Å². The van der Waals surface area contributed by atoms with Gasteiger partial charge in [0, 0.05) is 22.6 Å². The molecule has 7 nitrogen and oxygen atoms in total. The molecule has 3 aromatic carbocycles. The summed E-state index contributed by atoms with van der Waals surface area (Å²) in [6, 6.07) is 17.1. The summed E-state index contributed by atoms with van der Waals surface area (Å²) >= 11 is 0. The summed E-state index contributed by atoms with van der Waals surface area (Å²) < 4.78 is 33.1. The molecule has 0 aliphatic rings. The molecule has 1 heterocycles. The van der Waals surface area contributed by atoms with Crippen LogP contribution in [0.4, 0.5) is 0 Å². The molecule has 0 aliphatic heterocycles. The predicted molar refractivity (Wildman–Crippen MR) is 149 cm³/mol. The Morgan fingerprint density at radius 2 is 1.11 bits per heavy atom. The minimum Gasteiger partial charge on any atom is -0.497 e. The molecule has 0 unspecified atom stereocenters. The van der Waals surface area contributed by atoms with E-state index in [0.29, 0.717) is 23.0 Å². The SMILES string of the molecule is COc1ccc(OC)c(/C=C/c2cc(-c3cc(OC)ccc3OC)nc3cc(OC)c(OC)cc23)c1.Cl. The first-order valence-corrected chi connectivity index (χ1v) is 11.2. The molecule has 4 aromatic rings. The number of hydrogen-bond acceptors (Lipinski definition) is 7. The minimum atomic E-state index is 0. The van der Waals surface area contributed by atoms with Crippen LogP contribution in [0, 0.1) is 0 Å². The predicted octanol–water partition coefficient (Wildman–Crippen LogP) is 6.55. The molecule has 0 radical (unpaired) electrons. The Morgan fingerprint density at radius 1 is 0.541 bits per heavy atom. The molecule has 0 bridgehead atoms. The molecule has 0 N–H and O–H groups in total. The number of halogens is 1. The zero-order valence-electron chi connectivity index (χ0n) is 21.7. The fourth-order valence-corrected chi connectivity index (χ4v) is 4.02. The third-order valence-corrected chi connectivity index (χ3v) is 5.91. The third kappa shape index (κ3) is 5.67. The number of nitrogens with zero attached hydrogens (tertiary/aromatic N) is 1. The smallest absolute Gasteiger partial charge is 0.162 e. The summed E-state index contributed by atoms with van der Waals surface area (Å²) in [5, 5.41) is 0.899. The Hall–Kier alpha value is -4.10. The van der Waals surface area contributed by atoms with E-state index in [-0.39, 0.29) is 12.4 Å². The van der Waals surface area contributed by atoms with Gasteiger partial charge in [0.05, 0.1) is 53.9 Å². The fraction of sp³-hybridized carbons (Fsp3) is 0.207. The number of aromatic nitrogens is 1. The molecule has 0 amide bonds. The summed E-state index contributed by atoms with van der Waals surface area (Å²) in [6.45, 7) is 0. The Bertz CT molecular complexity index is 1420. The number of pyridine rings is 1. The molecule has 8 heteroatoms. The van der Waals surface area contributed by atoms with Crippen LogP contribution in [-0.2, 0) is 0 Å². The quantitative estimate of drug-likeness (QED) is 0.246. The monoisotopic (exact) mass is 523 g/mol. The standard InChI is InChI=1S/C29H29NO6.ClH/c1-31-20-9-11-26(33-3)19(13-20)8-7-18-14-24(23-15-21(32-2)10-12-27(23)34-4)30-25-17-29(36-6)28(35-5)16-22(18)25;/h7-17H,1-6H3;1H/b8-7+;. The molecule has 0 saturated carbocycles. The second kappa shape index (κ2) is 12.2. The first-order valence-electron chi connectivity index (χ1n) is 11.2. The van der Waals surface area contributed by atoms with Gasteiger partial charge < -0.3 is 28.4 Å². The van der Waals surface area contributed by atoms with Crippen molar-refractivity contribution in [2.24, 2.45) is 0 Å². The van der Waals surface area contributed by atoms with Gasteiger partial charge in [0.1, 0.15) is 23.0 Å². The number of rotatable bonds is 9. The highest BCUT2D eigenvalue weighted by Gasteiger charge is 2.15. The highest BCUT2D eigenvalue weighted by Crippen LogP contribution is 2.38. The van der Waals surface area contributed by atoms with Crippen molar-refractivity contribution in [2.45, 2.75) is 0 Å². The topological polar surface area (TPSA) is 68.3 Å². The zero-order chi connectivity index (χ0) is 25.7. The van der Waals surface area contributed by atoms with Gasteiger partial charge in [-0.15, -0.1) is 12.4 Å². The molecule has 37 heavy (non-hydrogen) atoms. The number of fused-ring (bicyclic) bond motifs is 1. The maximum absolute atomic E-state index is 5.63. The van der Waals surface area contributed by atoms with Gasteiger partial charge in [0.25, 0.3) is 0 Å². The van der Waals surface area contributed by atoms with Crippen LogP contribution in [0.3, 0.4) is 0 Å². The lowest BCUT2D eigenvalue weighted by Gasteiger charge is -2.14. The van der Waals surface area contributed by atoms with Gasteiger partial charge in [-0.2, -0.15) is 0 Å². The molecular formula is C29H30ClNO6. The van der Waals surface area contributed by atoms with E-state index in [2.05, 4.69) is 0 Å². The van der Waals surface area contributed by atoms with Crippen LogP contribution in [0.25, 0.3) is 34.3 Å². The third-order valence-electron chi connectivity index (χ3n) is 5.91. The van der Waals surface area contributed by atoms with Crippen LogP contribution < -0.4 is 28.4 Å². The van der Waals surface area contributed by atoms with Crippen molar-refractivity contribution in [3.63, 3.8) is 0 Å². The Kier molecular flexibility index (Phi) is 9.09. The van der Waals surface area contributed by atoms with E-state index >= 15 is 0 Å². The molecule has 1 aromatic heterocycles. The number of ether oxygens (including phenoxy) is 6. The minimum absolute atomic E-state index is 0. The van der Waals surface area contributed by atoms with Crippen molar-refractivity contribution in [1.29, 1.82) is 0 Å². The maximum Gasteiger partial charge on any atom is 0.162 e. The molecular weight excluding hydrogens is 494 g/mol. The Balaban J connectivity index is 0.00000380. The summed E-state index contributed by atoms with van der Waals surface area (Å²) in [5.41, 5.74) is 4.07. The van der Waals surface area contributed by atoms with Crippen molar-refractivity contribution >= 4 is 35.5 Å². The van der Waals surface area contributed by atoms with Crippen LogP contribution in [0.1, 0.15) is 11.1 Å². The Morgan fingerprint density at radius 3 is 1.73 bits per heavy atom. The van der Waals surface area contributed by atoms with Crippen LogP contribution >= 0.6 is 12.4 Å². The van der Waals surface area contributed by atoms with Gasteiger partial charge in [0.15, 0.2) is 11.5 Å². The first-order chi connectivity index (χ1) is 17.5. The van der Waals surface area contributed by atoms with Gasteiger partial charge in [0.2, 0.25) is 0 Å². The number of benzene rings is 3. The molecule has 194 valence electrons. The Labute approximate surface area is 223 Å². The van der Waals surface area contributed by atoms with E-state index in [0.717, 1.165) is 44.8 Å². The van der Waals surface area contributed by atoms with Crippen LogP contribution in [0.5, 0.6) is 34.5 Å². The molecule has 0 spiro atoms. The van der Waals surface area contributed by atoms with E-state index in [1.807, 2.05) is 66.7 Å². The van der Waals surface area contributed by atoms with Crippen LogP contribution in [0.15, 0.2) is 54.6 Å². The van der Waals surface area contributed by atoms with Gasteiger partial charge >= 0.3 is 0 Å². The average molecular weight is 524 g/mol. The highest BCUT2D eigenvalue weighted by molar-refractivity contribution is 5.95. The fourth-order valence-electron chi connectivity index (χ4n) is 4.02. The molecule has 0 aliphatic carbocycles. The lowest BCUT2D eigenvalue weighted by atomic mass is 10.0. The van der Waals surface area contributed by atoms with Gasteiger partial charge in [-0.05, 0) is 54.1 Å². The van der Waals surface area contributed by atoms with Crippen molar-refractivity contribution in [1.82, 2.24) is 4.98 Å². The summed E-state index contributed by atoms with van der Waals surface area (Å²) in [5.74, 6) is 4.08. The lowest BCUT2D eigenvalue weighted by molar-refractivity contribution is 0.356. The lowest BCUT2D eigenvalue weighted by Crippen LogP contribution is -1.96. The van der Waals surface area contributed by atoms with E-state index in [1.165, 1.54) is 0 Å². The van der Waals surface area contributed by atoms with Crippen molar-refractivity contribution in [3.05, 3.63) is 65.7 Å². The van der Waals surface area contributed by atoms with Crippen LogP contribution in [-0.4, -0.2) is 47.6 Å². The maximum atomic E-state index is 5.63. The average Bonchev–Trinajstić information content (AvgIpc) is 2.94. The van der Waals surface area contributed by atoms with Crippen molar-refractivity contribution < 1.29 is 28.4 Å². The normalized spacial score (nSPS) is 10.6. The second-order valence-corrected chi connectivity index (χ2v) is 7.83. The van der Waals surface area contributed by atoms with Gasteiger partial charge in [-0.25, -0.2) is 4.98 Å². The summed E-state index contributed by atoms with van der Waals surface area (Å²) in [7, 11) is 9.77. The number of hydrogen-bond donors (Lipinski definition) is 0. The van der Waals surface area contributed by atoms with E-state index in [1.54, 1.807) is 42.7 Å². The van der Waals surface area contributed by atoms with E-state index in [4.69, 9.17) is 33.4 Å². The molecule has 0 saturated heterocycles. The second-order valence-electron chi connectivity index (χ2n) is 7.83. The van der Waals surface area contributed by atoms with Crippen molar-refractivity contribution in [2.75, 3.05) is 42.7 Å². The van der Waals surface area contributed by atoms with Gasteiger partial charge in [-0.1, -0.05) is 12.2 Å².